The standard InChI is InChI=1S/C23H18Cl2N2O4/c1-2-30-18-9-6-16(7-10-18)22(28)27-26-14-15-4-3-5-19(12-15)31-23(29)20-11-8-17(24)13-21(20)25/h3-14H,2H2,1H3,(H,27,28)/b26-14+. The number of ether oxygens (including phenoxy) is 2. The van der Waals surface area contributed by atoms with Crippen molar-refractivity contribution in [3.05, 3.63) is 93.5 Å². The van der Waals surface area contributed by atoms with Crippen molar-refractivity contribution in [3.8, 4) is 11.5 Å². The van der Waals surface area contributed by atoms with Crippen LogP contribution in [-0.4, -0.2) is 24.7 Å². The third-order valence-electron chi connectivity index (χ3n) is 4.03. The molecule has 0 unspecified atom stereocenters. The van der Waals surface area contributed by atoms with E-state index >= 15 is 0 Å². The Hall–Kier alpha value is -3.35. The zero-order valence-corrected chi connectivity index (χ0v) is 18.0. The number of carbonyl (C=O) groups is 2. The number of esters is 1. The van der Waals surface area contributed by atoms with Gasteiger partial charge in [-0.05, 0) is 67.1 Å². The summed E-state index contributed by atoms with van der Waals surface area (Å²) in [4.78, 5) is 24.5. The van der Waals surface area contributed by atoms with E-state index in [1.165, 1.54) is 18.3 Å². The van der Waals surface area contributed by atoms with Crippen molar-refractivity contribution < 1.29 is 19.1 Å². The van der Waals surface area contributed by atoms with Crippen molar-refractivity contribution in [1.29, 1.82) is 0 Å². The highest BCUT2D eigenvalue weighted by Crippen LogP contribution is 2.23. The molecule has 0 aliphatic heterocycles. The minimum atomic E-state index is -0.612. The van der Waals surface area contributed by atoms with Gasteiger partial charge in [0.05, 0.1) is 23.4 Å². The second-order valence-electron chi connectivity index (χ2n) is 6.24. The zero-order chi connectivity index (χ0) is 22.2. The third-order valence-corrected chi connectivity index (χ3v) is 4.57. The predicted molar refractivity (Wildman–Crippen MR) is 121 cm³/mol. The largest absolute Gasteiger partial charge is 0.494 e. The van der Waals surface area contributed by atoms with Gasteiger partial charge >= 0.3 is 5.97 Å². The lowest BCUT2D eigenvalue weighted by Crippen LogP contribution is -2.17. The van der Waals surface area contributed by atoms with Gasteiger partial charge in [-0.15, -0.1) is 0 Å². The fourth-order valence-corrected chi connectivity index (χ4v) is 3.06. The zero-order valence-electron chi connectivity index (χ0n) is 16.5. The first-order valence-corrected chi connectivity index (χ1v) is 10.1. The minimum absolute atomic E-state index is 0.201. The smallest absolute Gasteiger partial charge is 0.345 e. The quantitative estimate of drug-likeness (QED) is 0.224. The first kappa shape index (κ1) is 22.3. The molecule has 0 aromatic heterocycles. The van der Waals surface area contributed by atoms with Gasteiger partial charge in [-0.3, -0.25) is 4.79 Å². The molecular formula is C23H18Cl2N2O4. The van der Waals surface area contributed by atoms with Crippen molar-refractivity contribution in [1.82, 2.24) is 5.43 Å². The van der Waals surface area contributed by atoms with Gasteiger partial charge in [0, 0.05) is 10.6 Å². The second kappa shape index (κ2) is 10.6. The highest BCUT2D eigenvalue weighted by Gasteiger charge is 2.13. The van der Waals surface area contributed by atoms with E-state index in [-0.39, 0.29) is 16.5 Å². The summed E-state index contributed by atoms with van der Waals surface area (Å²) in [5.74, 6) is 0.0189. The maximum Gasteiger partial charge on any atom is 0.345 e. The molecular weight excluding hydrogens is 439 g/mol. The van der Waals surface area contributed by atoms with E-state index in [4.69, 9.17) is 32.7 Å². The van der Waals surface area contributed by atoms with Gasteiger partial charge in [-0.1, -0.05) is 35.3 Å². The number of nitrogens with zero attached hydrogens (tertiary/aromatic N) is 1. The number of halogens is 2. The van der Waals surface area contributed by atoms with Crippen LogP contribution in [0.5, 0.6) is 11.5 Å². The van der Waals surface area contributed by atoms with Crippen LogP contribution in [0.15, 0.2) is 71.8 Å². The molecule has 1 amide bonds. The van der Waals surface area contributed by atoms with Gasteiger partial charge in [0.2, 0.25) is 0 Å². The summed E-state index contributed by atoms with van der Waals surface area (Å²) in [7, 11) is 0. The van der Waals surface area contributed by atoms with E-state index in [0.29, 0.717) is 34.3 Å². The SMILES string of the molecule is CCOc1ccc(C(=O)N/N=C/c2cccc(OC(=O)c3ccc(Cl)cc3Cl)c2)cc1. The Bertz CT molecular complexity index is 1110. The summed E-state index contributed by atoms with van der Waals surface area (Å²) in [6, 6.07) is 17.9. The summed E-state index contributed by atoms with van der Waals surface area (Å²) in [5.41, 5.74) is 3.72. The molecule has 31 heavy (non-hydrogen) atoms. The van der Waals surface area contributed by atoms with Crippen molar-refractivity contribution in [2.75, 3.05) is 6.61 Å². The molecule has 3 rings (SSSR count). The lowest BCUT2D eigenvalue weighted by Gasteiger charge is -2.07. The summed E-state index contributed by atoms with van der Waals surface area (Å²) in [5, 5.41) is 4.57. The predicted octanol–water partition coefficient (Wildman–Crippen LogP) is 5.38. The Balaban J connectivity index is 1.61. The van der Waals surface area contributed by atoms with E-state index < -0.39 is 5.97 Å². The molecule has 0 spiro atoms. The monoisotopic (exact) mass is 456 g/mol. The van der Waals surface area contributed by atoms with Gasteiger partial charge < -0.3 is 9.47 Å². The molecule has 0 saturated carbocycles. The first-order valence-electron chi connectivity index (χ1n) is 9.30. The van der Waals surface area contributed by atoms with Crippen LogP contribution in [-0.2, 0) is 0 Å². The van der Waals surface area contributed by atoms with E-state index in [1.807, 2.05) is 6.92 Å². The Labute approximate surface area is 189 Å². The van der Waals surface area contributed by atoms with Gasteiger partial charge in [0.1, 0.15) is 11.5 Å². The normalized spacial score (nSPS) is 10.7. The molecule has 0 fully saturated rings. The van der Waals surface area contributed by atoms with Crippen LogP contribution < -0.4 is 14.9 Å². The molecule has 0 heterocycles. The molecule has 0 radical (unpaired) electrons. The maximum atomic E-state index is 12.3. The molecule has 0 aliphatic carbocycles. The fraction of sp³-hybridized carbons (Fsp3) is 0.0870. The number of benzene rings is 3. The van der Waals surface area contributed by atoms with Gasteiger partial charge in [-0.25, -0.2) is 10.2 Å². The molecule has 6 nitrogen and oxygen atoms in total. The minimum Gasteiger partial charge on any atom is -0.494 e. The second-order valence-corrected chi connectivity index (χ2v) is 7.09. The van der Waals surface area contributed by atoms with Crippen molar-refractivity contribution in [2.24, 2.45) is 5.10 Å². The molecule has 158 valence electrons. The van der Waals surface area contributed by atoms with Crippen LogP contribution >= 0.6 is 23.2 Å². The first-order chi connectivity index (χ1) is 15.0. The molecule has 0 aliphatic rings. The molecule has 8 heteroatoms. The van der Waals surface area contributed by atoms with Crippen molar-refractivity contribution in [3.63, 3.8) is 0 Å². The highest BCUT2D eigenvalue weighted by molar-refractivity contribution is 6.36. The van der Waals surface area contributed by atoms with Gasteiger partial charge in [-0.2, -0.15) is 5.10 Å². The lowest BCUT2D eigenvalue weighted by atomic mass is 10.2. The Morgan fingerprint density at radius 3 is 2.48 bits per heavy atom. The third kappa shape index (κ3) is 6.31. The van der Waals surface area contributed by atoms with E-state index in [2.05, 4.69) is 10.5 Å². The molecule has 3 aromatic rings. The number of rotatable bonds is 7. The average molecular weight is 457 g/mol. The average Bonchev–Trinajstić information content (AvgIpc) is 2.74. The molecule has 0 bridgehead atoms. The van der Waals surface area contributed by atoms with Gasteiger partial charge in [0.25, 0.3) is 5.91 Å². The fourth-order valence-electron chi connectivity index (χ4n) is 2.57. The number of hydrazone groups is 1. The summed E-state index contributed by atoms with van der Waals surface area (Å²) < 4.78 is 10.7. The summed E-state index contributed by atoms with van der Waals surface area (Å²) >= 11 is 11.9. The molecule has 0 saturated heterocycles. The van der Waals surface area contributed by atoms with E-state index in [0.717, 1.165) is 0 Å². The topological polar surface area (TPSA) is 77.0 Å². The van der Waals surface area contributed by atoms with Gasteiger partial charge in [0.15, 0.2) is 0 Å². The van der Waals surface area contributed by atoms with Crippen LogP contribution in [0.3, 0.4) is 0 Å². The van der Waals surface area contributed by atoms with E-state index in [1.54, 1.807) is 54.6 Å². The van der Waals surface area contributed by atoms with Crippen LogP contribution in [0, 0.1) is 0 Å². The van der Waals surface area contributed by atoms with E-state index in [9.17, 15) is 9.59 Å². The van der Waals surface area contributed by atoms with Crippen LogP contribution in [0.25, 0.3) is 0 Å². The maximum absolute atomic E-state index is 12.3. The molecule has 3 aromatic carbocycles. The highest BCUT2D eigenvalue weighted by atomic mass is 35.5. The number of hydrogen-bond donors (Lipinski definition) is 1. The Morgan fingerprint density at radius 1 is 1.00 bits per heavy atom. The Kier molecular flexibility index (Phi) is 7.65. The lowest BCUT2D eigenvalue weighted by molar-refractivity contribution is 0.0734. The van der Waals surface area contributed by atoms with Crippen LogP contribution in [0.2, 0.25) is 10.0 Å². The molecule has 1 N–H and O–H groups in total. The number of amides is 1. The summed E-state index contributed by atoms with van der Waals surface area (Å²) in [6.07, 6.45) is 1.44. The van der Waals surface area contributed by atoms with Crippen LogP contribution in [0.1, 0.15) is 33.2 Å². The Morgan fingerprint density at radius 2 is 1.77 bits per heavy atom. The molecule has 0 atom stereocenters. The van der Waals surface area contributed by atoms with Crippen molar-refractivity contribution in [2.45, 2.75) is 6.92 Å². The number of carbonyl (C=O) groups excluding carboxylic acids is 2. The summed E-state index contributed by atoms with van der Waals surface area (Å²) in [6.45, 7) is 2.44. The van der Waals surface area contributed by atoms with Crippen molar-refractivity contribution >= 4 is 41.3 Å². The number of nitrogens with one attached hydrogen (secondary N) is 1. The number of hydrogen-bond acceptors (Lipinski definition) is 5. The van der Waals surface area contributed by atoms with Crippen LogP contribution in [0.4, 0.5) is 0 Å².